The Morgan fingerprint density at radius 1 is 0.750 bits per heavy atom. The van der Waals surface area contributed by atoms with Crippen LogP contribution in [0.1, 0.15) is 67.2 Å². The molecule has 0 aromatic carbocycles. The molecule has 4 amide bonds. The second-order valence-corrected chi connectivity index (χ2v) is 10.4. The Bertz CT molecular complexity index is 703. The van der Waals surface area contributed by atoms with Crippen molar-refractivity contribution in [1.29, 1.82) is 0 Å². The number of carboxylic acids is 1. The molecule has 0 atom stereocenters. The van der Waals surface area contributed by atoms with E-state index in [9.17, 15) is 24.0 Å². The average Bonchev–Trinajstić information content (AvgIpc) is 2.73. The maximum atomic E-state index is 12.2. The molecule has 0 unspecified atom stereocenters. The van der Waals surface area contributed by atoms with Gasteiger partial charge in [-0.1, -0.05) is 0 Å². The zero-order valence-electron chi connectivity index (χ0n) is 22.6. The molecule has 0 bridgehead atoms. The number of carboxylic acid groups (broad SMARTS) is 1. The third-order valence-corrected chi connectivity index (χ3v) is 4.58. The smallest absolute Gasteiger partial charge is 0.410 e. The quantitative estimate of drug-likeness (QED) is 0.221. The molecule has 0 aliphatic heterocycles. The number of alkyl carbamates (subject to hydrolysis) is 1. The summed E-state index contributed by atoms with van der Waals surface area (Å²) < 4.78 is 10.4. The van der Waals surface area contributed by atoms with E-state index < -0.39 is 35.9 Å². The van der Waals surface area contributed by atoms with Crippen molar-refractivity contribution in [3.8, 4) is 0 Å². The van der Waals surface area contributed by atoms with E-state index in [-0.39, 0.29) is 6.54 Å². The zero-order valence-corrected chi connectivity index (χ0v) is 22.6. The van der Waals surface area contributed by atoms with E-state index in [1.54, 1.807) is 51.3 Å². The molecule has 0 rings (SSSR count). The van der Waals surface area contributed by atoms with Crippen LogP contribution in [0.2, 0.25) is 0 Å². The summed E-state index contributed by atoms with van der Waals surface area (Å²) in [5.41, 5.74) is -1.31. The van der Waals surface area contributed by atoms with E-state index >= 15 is 0 Å². The number of hydrogen-bond donors (Lipinski definition) is 2. The van der Waals surface area contributed by atoms with Crippen LogP contribution in [0.15, 0.2) is 0 Å². The fourth-order valence-electron chi connectivity index (χ4n) is 3.04. The van der Waals surface area contributed by atoms with Gasteiger partial charge in [0, 0.05) is 39.3 Å². The molecule has 0 aliphatic rings. The number of nitrogens with zero attached hydrogens (tertiary/aromatic N) is 3. The number of amides is 4. The number of ether oxygens (including phenoxy) is 2. The Labute approximate surface area is 214 Å². The molecule has 36 heavy (non-hydrogen) atoms. The number of nitrogens with one attached hydrogen (secondary N) is 1. The van der Waals surface area contributed by atoms with Crippen LogP contribution in [0, 0.1) is 0 Å². The van der Waals surface area contributed by atoms with Gasteiger partial charge in [0.25, 0.3) is 0 Å². The summed E-state index contributed by atoms with van der Waals surface area (Å²) in [7, 11) is 0. The van der Waals surface area contributed by atoms with Crippen LogP contribution in [-0.4, -0.2) is 108 Å². The van der Waals surface area contributed by atoms with Gasteiger partial charge in [0.15, 0.2) is 0 Å². The van der Waals surface area contributed by atoms with Gasteiger partial charge in [0.1, 0.15) is 17.7 Å². The number of unbranched alkanes of at least 4 members (excludes halogenated alkanes) is 1. The Hall–Kier alpha value is -3.05. The molecule has 208 valence electrons. The van der Waals surface area contributed by atoms with E-state index in [4.69, 9.17) is 14.6 Å². The van der Waals surface area contributed by atoms with Gasteiger partial charge >= 0.3 is 18.2 Å². The van der Waals surface area contributed by atoms with E-state index in [2.05, 4.69) is 5.32 Å². The molecular formula is C24H44N4O8. The van der Waals surface area contributed by atoms with Crippen molar-refractivity contribution >= 4 is 31.0 Å². The monoisotopic (exact) mass is 516 g/mol. The minimum Gasteiger partial charge on any atom is -0.480 e. The summed E-state index contributed by atoms with van der Waals surface area (Å²) in [5, 5.41) is 11.7. The predicted molar refractivity (Wildman–Crippen MR) is 133 cm³/mol. The fourth-order valence-corrected chi connectivity index (χ4v) is 3.04. The summed E-state index contributed by atoms with van der Waals surface area (Å²) in [6.45, 7) is 12.3. The first kappa shape index (κ1) is 33.0. The van der Waals surface area contributed by atoms with Gasteiger partial charge in [0.2, 0.25) is 12.8 Å². The van der Waals surface area contributed by atoms with Crippen molar-refractivity contribution in [3.63, 3.8) is 0 Å². The third-order valence-electron chi connectivity index (χ3n) is 4.58. The number of hydrogen-bond acceptors (Lipinski definition) is 7. The molecule has 0 saturated heterocycles. The van der Waals surface area contributed by atoms with Crippen LogP contribution in [-0.2, 0) is 23.9 Å². The van der Waals surface area contributed by atoms with Crippen LogP contribution in [0.3, 0.4) is 0 Å². The SMILES string of the molecule is CC(C)(C)OC(=O)NCCCN(C=O)CCCCN(C=O)CCCN(CC(=O)O)C(=O)OC(C)(C)C. The summed E-state index contributed by atoms with van der Waals surface area (Å²) in [4.78, 5) is 61.9. The first-order valence-corrected chi connectivity index (χ1v) is 12.2. The van der Waals surface area contributed by atoms with Crippen molar-refractivity contribution in [2.75, 3.05) is 45.8 Å². The van der Waals surface area contributed by atoms with Crippen molar-refractivity contribution in [2.24, 2.45) is 0 Å². The first-order valence-electron chi connectivity index (χ1n) is 12.2. The van der Waals surface area contributed by atoms with E-state index in [0.717, 1.165) is 17.7 Å². The number of rotatable bonds is 17. The first-order chi connectivity index (χ1) is 16.7. The predicted octanol–water partition coefficient (Wildman–Crippen LogP) is 2.31. The lowest BCUT2D eigenvalue weighted by Crippen LogP contribution is -2.41. The van der Waals surface area contributed by atoms with Crippen LogP contribution in [0.25, 0.3) is 0 Å². The molecule has 0 spiro atoms. The van der Waals surface area contributed by atoms with E-state index in [1.165, 1.54) is 0 Å². The van der Waals surface area contributed by atoms with Gasteiger partial charge in [0.05, 0.1) is 0 Å². The summed E-state index contributed by atoms with van der Waals surface area (Å²) in [6.07, 6.45) is 2.62. The number of carbonyl (C=O) groups is 5. The molecular weight excluding hydrogens is 472 g/mol. The van der Waals surface area contributed by atoms with Gasteiger partial charge < -0.3 is 29.7 Å². The van der Waals surface area contributed by atoms with Crippen LogP contribution in [0.5, 0.6) is 0 Å². The van der Waals surface area contributed by atoms with Crippen molar-refractivity contribution in [2.45, 2.75) is 78.4 Å². The summed E-state index contributed by atoms with van der Waals surface area (Å²) in [5.74, 6) is -1.14. The maximum absolute atomic E-state index is 12.2. The lowest BCUT2D eigenvalue weighted by Gasteiger charge is -2.27. The normalized spacial score (nSPS) is 11.3. The maximum Gasteiger partial charge on any atom is 0.410 e. The summed E-state index contributed by atoms with van der Waals surface area (Å²) in [6, 6.07) is 0. The minimum atomic E-state index is -1.14. The number of carbonyl (C=O) groups excluding carboxylic acids is 4. The molecule has 12 nitrogen and oxygen atoms in total. The Balaban J connectivity index is 4.28. The van der Waals surface area contributed by atoms with Gasteiger partial charge in [-0.3, -0.25) is 19.3 Å². The molecule has 0 aromatic rings. The average molecular weight is 517 g/mol. The molecule has 0 radical (unpaired) electrons. The van der Waals surface area contributed by atoms with Gasteiger partial charge in [-0.15, -0.1) is 0 Å². The van der Waals surface area contributed by atoms with Crippen LogP contribution >= 0.6 is 0 Å². The Kier molecular flexibility index (Phi) is 15.2. The molecule has 0 fully saturated rings. The molecule has 0 aliphatic carbocycles. The largest absolute Gasteiger partial charge is 0.480 e. The molecule has 0 aromatic heterocycles. The second kappa shape index (κ2) is 16.6. The molecule has 0 heterocycles. The third kappa shape index (κ3) is 18.3. The topological polar surface area (TPSA) is 146 Å². The Morgan fingerprint density at radius 3 is 1.67 bits per heavy atom. The highest BCUT2D eigenvalue weighted by molar-refractivity contribution is 5.76. The zero-order chi connectivity index (χ0) is 27.8. The molecule has 2 N–H and O–H groups in total. The standard InChI is InChI=1S/C24H44N4O8/c1-23(2,3)35-21(33)25-11-9-14-26(18-29)12-7-8-13-27(19-30)15-10-16-28(17-20(31)32)22(34)36-24(4,5)6/h18-19H,7-17H2,1-6H3,(H,25,33)(H,31,32). The van der Waals surface area contributed by atoms with Crippen LogP contribution < -0.4 is 5.32 Å². The lowest BCUT2D eigenvalue weighted by atomic mass is 10.2. The van der Waals surface area contributed by atoms with Gasteiger partial charge in [-0.2, -0.15) is 0 Å². The lowest BCUT2D eigenvalue weighted by molar-refractivity contribution is -0.138. The van der Waals surface area contributed by atoms with Crippen molar-refractivity contribution < 1.29 is 38.6 Å². The summed E-state index contributed by atoms with van der Waals surface area (Å²) >= 11 is 0. The van der Waals surface area contributed by atoms with Gasteiger partial charge in [-0.25, -0.2) is 9.59 Å². The minimum absolute atomic E-state index is 0.141. The molecule has 0 saturated carbocycles. The van der Waals surface area contributed by atoms with E-state index in [0.29, 0.717) is 58.4 Å². The van der Waals surface area contributed by atoms with Gasteiger partial charge in [-0.05, 0) is 67.2 Å². The fraction of sp³-hybridized carbons (Fsp3) is 0.792. The van der Waals surface area contributed by atoms with Crippen molar-refractivity contribution in [1.82, 2.24) is 20.0 Å². The molecule has 12 heteroatoms. The number of aliphatic carboxylic acids is 1. The highest BCUT2D eigenvalue weighted by atomic mass is 16.6. The van der Waals surface area contributed by atoms with Crippen molar-refractivity contribution in [3.05, 3.63) is 0 Å². The van der Waals surface area contributed by atoms with Crippen LogP contribution in [0.4, 0.5) is 9.59 Å². The Morgan fingerprint density at radius 2 is 1.22 bits per heavy atom. The highest BCUT2D eigenvalue weighted by Gasteiger charge is 2.23. The second-order valence-electron chi connectivity index (χ2n) is 10.4. The van der Waals surface area contributed by atoms with E-state index in [1.807, 2.05) is 0 Å². The highest BCUT2D eigenvalue weighted by Crippen LogP contribution is 2.10.